The number of rotatable bonds is 4. The van der Waals surface area contributed by atoms with E-state index in [-0.39, 0.29) is 12.0 Å². The number of aliphatic imine (C=N–C) groups is 1. The van der Waals surface area contributed by atoms with Gasteiger partial charge in [0.1, 0.15) is 0 Å². The zero-order valence-electron chi connectivity index (χ0n) is 9.87. The molecule has 1 aliphatic rings. The molecule has 0 amide bonds. The molecular weight excluding hydrogens is 216 g/mol. The van der Waals surface area contributed by atoms with Crippen LogP contribution in [0.2, 0.25) is 0 Å². The topological polar surface area (TPSA) is 41.9 Å². The molecule has 1 aromatic carbocycles. The minimum atomic E-state index is -0.351. The molecule has 0 aliphatic carbocycles. The van der Waals surface area contributed by atoms with E-state index in [1.807, 2.05) is 18.2 Å². The second kappa shape index (κ2) is 5.48. The van der Waals surface area contributed by atoms with Crippen molar-refractivity contribution >= 4 is 12.3 Å². The van der Waals surface area contributed by atoms with E-state index < -0.39 is 0 Å². The van der Waals surface area contributed by atoms with Gasteiger partial charge in [0.2, 0.25) is 0 Å². The molecule has 0 spiro atoms. The Morgan fingerprint density at radius 1 is 1.47 bits per heavy atom. The molecule has 0 N–H and O–H groups in total. The van der Waals surface area contributed by atoms with Gasteiger partial charge in [-0.05, 0) is 12.0 Å². The molecule has 0 saturated heterocycles. The van der Waals surface area contributed by atoms with Crippen LogP contribution in [0.1, 0.15) is 5.56 Å². The van der Waals surface area contributed by atoms with Crippen molar-refractivity contribution in [2.75, 3.05) is 20.2 Å². The van der Waals surface area contributed by atoms with E-state index in [1.165, 1.54) is 12.7 Å². The lowest BCUT2D eigenvalue weighted by molar-refractivity contribution is -0.141. The van der Waals surface area contributed by atoms with Gasteiger partial charge in [-0.1, -0.05) is 30.3 Å². The van der Waals surface area contributed by atoms with Crippen LogP contribution in [0.15, 0.2) is 35.3 Å². The quantitative estimate of drug-likeness (QED) is 0.730. The van der Waals surface area contributed by atoms with E-state index in [4.69, 9.17) is 0 Å². The molecule has 2 rings (SSSR count). The first-order valence-electron chi connectivity index (χ1n) is 5.68. The monoisotopic (exact) mass is 232 g/mol. The first kappa shape index (κ1) is 11.6. The van der Waals surface area contributed by atoms with Crippen molar-refractivity contribution < 1.29 is 9.53 Å². The Hall–Kier alpha value is -1.84. The van der Waals surface area contributed by atoms with Crippen LogP contribution in [0, 0.1) is 0 Å². The molecule has 90 valence electrons. The largest absolute Gasteiger partial charge is 0.467 e. The summed E-state index contributed by atoms with van der Waals surface area (Å²) in [5.74, 6) is -0.261. The lowest BCUT2D eigenvalue weighted by Gasteiger charge is -2.15. The zero-order valence-corrected chi connectivity index (χ0v) is 9.87. The third kappa shape index (κ3) is 3.06. The minimum absolute atomic E-state index is 0.261. The summed E-state index contributed by atoms with van der Waals surface area (Å²) in [4.78, 5) is 17.4. The van der Waals surface area contributed by atoms with Crippen LogP contribution >= 0.6 is 0 Å². The highest BCUT2D eigenvalue weighted by Crippen LogP contribution is 2.07. The number of hydrogen-bond donors (Lipinski definition) is 0. The molecule has 1 heterocycles. The van der Waals surface area contributed by atoms with Gasteiger partial charge in [-0.25, -0.2) is 4.79 Å². The van der Waals surface area contributed by atoms with Crippen molar-refractivity contribution in [3.05, 3.63) is 35.9 Å². The number of nitrogens with zero attached hydrogens (tertiary/aromatic N) is 2. The summed E-state index contributed by atoms with van der Waals surface area (Å²) < 4.78 is 4.67. The number of esters is 1. The summed E-state index contributed by atoms with van der Waals surface area (Å²) in [6.45, 7) is 1.50. The Balaban J connectivity index is 1.80. The fraction of sp³-hybridized carbons (Fsp3) is 0.385. The van der Waals surface area contributed by atoms with Gasteiger partial charge in [0.05, 0.1) is 20.0 Å². The summed E-state index contributed by atoms with van der Waals surface area (Å²) in [7, 11) is 1.39. The maximum absolute atomic E-state index is 11.3. The summed E-state index contributed by atoms with van der Waals surface area (Å²) in [6, 6.07) is 9.93. The van der Waals surface area contributed by atoms with Gasteiger partial charge < -0.3 is 9.64 Å². The predicted molar refractivity (Wildman–Crippen MR) is 66.0 cm³/mol. The van der Waals surface area contributed by atoms with E-state index in [1.54, 1.807) is 6.34 Å². The molecule has 0 saturated carbocycles. The number of ether oxygens (including phenoxy) is 1. The molecule has 4 nitrogen and oxygen atoms in total. The van der Waals surface area contributed by atoms with E-state index >= 15 is 0 Å². The van der Waals surface area contributed by atoms with Crippen molar-refractivity contribution in [1.29, 1.82) is 0 Å². The minimum Gasteiger partial charge on any atom is -0.467 e. The van der Waals surface area contributed by atoms with Crippen molar-refractivity contribution in [2.45, 2.75) is 12.5 Å². The number of benzene rings is 1. The first-order valence-corrected chi connectivity index (χ1v) is 5.68. The van der Waals surface area contributed by atoms with Gasteiger partial charge in [-0.2, -0.15) is 0 Å². The fourth-order valence-corrected chi connectivity index (χ4v) is 1.83. The Morgan fingerprint density at radius 3 is 2.94 bits per heavy atom. The van der Waals surface area contributed by atoms with E-state index in [0.29, 0.717) is 6.54 Å². The van der Waals surface area contributed by atoms with Gasteiger partial charge >= 0.3 is 5.97 Å². The fourth-order valence-electron chi connectivity index (χ4n) is 1.83. The van der Waals surface area contributed by atoms with Gasteiger partial charge in [-0.15, -0.1) is 0 Å². The smallest absolute Gasteiger partial charge is 0.332 e. The maximum Gasteiger partial charge on any atom is 0.332 e. The Morgan fingerprint density at radius 2 is 2.24 bits per heavy atom. The average Bonchev–Trinajstić information content (AvgIpc) is 2.85. The second-order valence-electron chi connectivity index (χ2n) is 4.03. The summed E-state index contributed by atoms with van der Waals surface area (Å²) in [5.41, 5.74) is 1.29. The van der Waals surface area contributed by atoms with Crippen LogP contribution in [0.25, 0.3) is 0 Å². The molecule has 1 atom stereocenters. The van der Waals surface area contributed by atoms with E-state index in [9.17, 15) is 4.79 Å². The summed E-state index contributed by atoms with van der Waals surface area (Å²) in [6.07, 6.45) is 2.70. The van der Waals surface area contributed by atoms with E-state index in [2.05, 4.69) is 26.8 Å². The third-order valence-electron chi connectivity index (χ3n) is 2.82. The van der Waals surface area contributed by atoms with Crippen LogP contribution in [0.3, 0.4) is 0 Å². The van der Waals surface area contributed by atoms with Gasteiger partial charge in [-0.3, -0.25) is 4.99 Å². The molecule has 0 bridgehead atoms. The average molecular weight is 232 g/mol. The van der Waals surface area contributed by atoms with Crippen molar-refractivity contribution in [3.63, 3.8) is 0 Å². The lowest BCUT2D eigenvalue weighted by atomic mass is 10.1. The summed E-state index contributed by atoms with van der Waals surface area (Å²) in [5, 5.41) is 0. The van der Waals surface area contributed by atoms with Crippen LogP contribution in [-0.4, -0.2) is 43.4 Å². The molecule has 1 unspecified atom stereocenters. The Labute approximate surface area is 101 Å². The van der Waals surface area contributed by atoms with Gasteiger partial charge in [0, 0.05) is 6.54 Å². The van der Waals surface area contributed by atoms with Crippen molar-refractivity contribution in [3.8, 4) is 0 Å². The summed E-state index contributed by atoms with van der Waals surface area (Å²) >= 11 is 0. The van der Waals surface area contributed by atoms with Gasteiger partial charge in [0.25, 0.3) is 0 Å². The molecule has 1 aromatic rings. The van der Waals surface area contributed by atoms with Crippen LogP contribution < -0.4 is 0 Å². The van der Waals surface area contributed by atoms with Crippen LogP contribution in [0.5, 0.6) is 0 Å². The molecular formula is C13H16N2O2. The highest BCUT2D eigenvalue weighted by molar-refractivity contribution is 5.80. The molecule has 17 heavy (non-hydrogen) atoms. The number of carbonyl (C=O) groups excluding carboxylic acids is 1. The Bertz CT molecular complexity index is 403. The number of methoxy groups -OCH3 is 1. The second-order valence-corrected chi connectivity index (χ2v) is 4.03. The molecule has 0 fully saturated rings. The first-order chi connectivity index (χ1) is 8.29. The SMILES string of the molecule is COC(=O)C1CN(CCc2ccccc2)C=N1. The Kier molecular flexibility index (Phi) is 3.75. The standard InChI is InChI=1S/C13H16N2O2/c1-17-13(16)12-9-15(10-14-12)8-7-11-5-3-2-4-6-11/h2-6,10,12H,7-9H2,1H3. The third-order valence-corrected chi connectivity index (χ3v) is 2.82. The van der Waals surface area contributed by atoms with Crippen molar-refractivity contribution in [1.82, 2.24) is 4.90 Å². The highest BCUT2D eigenvalue weighted by Gasteiger charge is 2.24. The van der Waals surface area contributed by atoms with Gasteiger partial charge in [0.15, 0.2) is 6.04 Å². The van der Waals surface area contributed by atoms with Crippen LogP contribution in [-0.2, 0) is 16.0 Å². The maximum atomic E-state index is 11.3. The van der Waals surface area contributed by atoms with E-state index in [0.717, 1.165) is 13.0 Å². The predicted octanol–water partition coefficient (Wildman–Crippen LogP) is 1.11. The molecule has 4 heteroatoms. The van der Waals surface area contributed by atoms with Crippen molar-refractivity contribution in [2.24, 2.45) is 4.99 Å². The highest BCUT2D eigenvalue weighted by atomic mass is 16.5. The molecule has 0 aromatic heterocycles. The zero-order chi connectivity index (χ0) is 12.1. The van der Waals surface area contributed by atoms with Crippen LogP contribution in [0.4, 0.5) is 0 Å². The lowest BCUT2D eigenvalue weighted by Crippen LogP contribution is -2.30. The number of hydrogen-bond acceptors (Lipinski definition) is 4. The molecule has 0 radical (unpaired) electrons. The normalized spacial score (nSPS) is 18.4. The molecule has 1 aliphatic heterocycles. The number of carbonyl (C=O) groups is 1.